The fourth-order valence-electron chi connectivity index (χ4n) is 2.77. The molecule has 0 saturated carbocycles. The van der Waals surface area contributed by atoms with Crippen molar-refractivity contribution in [2.75, 3.05) is 26.4 Å². The Morgan fingerprint density at radius 3 is 2.74 bits per heavy atom. The highest BCUT2D eigenvalue weighted by Gasteiger charge is 2.23. The summed E-state index contributed by atoms with van der Waals surface area (Å²) in [5.74, 6) is 0.900. The summed E-state index contributed by atoms with van der Waals surface area (Å²) in [6.07, 6.45) is 2.51. The SMILES string of the molecule is CCCS(=O)(=O)NC1CCc2nn(CCN(C)C)c(=O)n2CC1. The molecule has 23 heavy (non-hydrogen) atoms. The number of sulfonamides is 1. The Hall–Kier alpha value is -1.19. The maximum Gasteiger partial charge on any atom is 0.345 e. The number of fused-ring (bicyclic) bond motifs is 1. The Kier molecular flexibility index (Phi) is 5.99. The van der Waals surface area contributed by atoms with E-state index in [1.807, 2.05) is 25.9 Å². The van der Waals surface area contributed by atoms with Crippen LogP contribution in [-0.4, -0.2) is 60.1 Å². The lowest BCUT2D eigenvalue weighted by atomic mass is 10.1. The second-order valence-corrected chi connectivity index (χ2v) is 8.21. The minimum atomic E-state index is -3.22. The molecule has 0 aliphatic carbocycles. The van der Waals surface area contributed by atoms with Crippen molar-refractivity contribution < 1.29 is 8.42 Å². The zero-order chi connectivity index (χ0) is 17.0. The summed E-state index contributed by atoms with van der Waals surface area (Å²) >= 11 is 0. The van der Waals surface area contributed by atoms with E-state index >= 15 is 0 Å². The molecule has 1 aromatic heterocycles. The molecule has 9 heteroatoms. The average molecular weight is 345 g/mol. The van der Waals surface area contributed by atoms with Crippen LogP contribution in [0.1, 0.15) is 32.0 Å². The summed E-state index contributed by atoms with van der Waals surface area (Å²) in [4.78, 5) is 14.4. The highest BCUT2D eigenvalue weighted by molar-refractivity contribution is 7.89. The van der Waals surface area contributed by atoms with Gasteiger partial charge in [0.2, 0.25) is 10.0 Å². The first-order chi connectivity index (χ1) is 10.8. The number of hydrogen-bond acceptors (Lipinski definition) is 5. The van der Waals surface area contributed by atoms with Crippen molar-refractivity contribution in [2.45, 2.75) is 51.7 Å². The molecule has 0 saturated heterocycles. The fourth-order valence-corrected chi connectivity index (χ4v) is 4.17. The second-order valence-electron chi connectivity index (χ2n) is 6.34. The highest BCUT2D eigenvalue weighted by atomic mass is 32.2. The molecule has 0 amide bonds. The van der Waals surface area contributed by atoms with Gasteiger partial charge in [-0.15, -0.1) is 0 Å². The van der Waals surface area contributed by atoms with E-state index in [9.17, 15) is 13.2 Å². The van der Waals surface area contributed by atoms with E-state index in [0.29, 0.717) is 38.8 Å². The number of nitrogens with one attached hydrogen (secondary N) is 1. The van der Waals surface area contributed by atoms with Gasteiger partial charge in [0.05, 0.1) is 12.3 Å². The van der Waals surface area contributed by atoms with Gasteiger partial charge in [0, 0.05) is 25.6 Å². The van der Waals surface area contributed by atoms with Gasteiger partial charge in [-0.05, 0) is 33.4 Å². The van der Waals surface area contributed by atoms with Gasteiger partial charge in [-0.3, -0.25) is 4.57 Å². The molecule has 1 aliphatic rings. The molecule has 0 bridgehead atoms. The van der Waals surface area contributed by atoms with Gasteiger partial charge in [-0.2, -0.15) is 5.10 Å². The first-order valence-corrected chi connectivity index (χ1v) is 9.79. The smallest absolute Gasteiger partial charge is 0.308 e. The first kappa shape index (κ1) is 18.2. The van der Waals surface area contributed by atoms with Crippen LogP contribution in [0.15, 0.2) is 4.79 Å². The number of nitrogens with zero attached hydrogens (tertiary/aromatic N) is 4. The summed E-state index contributed by atoms with van der Waals surface area (Å²) in [5, 5.41) is 4.41. The minimum Gasteiger partial charge on any atom is -0.308 e. The molecule has 1 aromatic rings. The van der Waals surface area contributed by atoms with Crippen LogP contribution in [-0.2, 0) is 29.5 Å². The van der Waals surface area contributed by atoms with Crippen molar-refractivity contribution in [1.29, 1.82) is 0 Å². The van der Waals surface area contributed by atoms with Crippen LogP contribution in [0, 0.1) is 0 Å². The van der Waals surface area contributed by atoms with Crippen molar-refractivity contribution in [2.24, 2.45) is 0 Å². The third-order valence-electron chi connectivity index (χ3n) is 4.00. The van der Waals surface area contributed by atoms with E-state index in [1.54, 1.807) is 4.57 Å². The maximum atomic E-state index is 12.4. The number of aromatic nitrogens is 3. The first-order valence-electron chi connectivity index (χ1n) is 8.13. The molecule has 1 unspecified atom stereocenters. The number of rotatable bonds is 7. The predicted octanol–water partition coefficient (Wildman–Crippen LogP) is -0.359. The Morgan fingerprint density at radius 2 is 2.09 bits per heavy atom. The fraction of sp³-hybridized carbons (Fsp3) is 0.857. The summed E-state index contributed by atoms with van der Waals surface area (Å²) < 4.78 is 29.7. The van der Waals surface area contributed by atoms with Crippen LogP contribution in [0.2, 0.25) is 0 Å². The zero-order valence-electron chi connectivity index (χ0n) is 14.2. The quantitative estimate of drug-likeness (QED) is 0.729. The molecular weight excluding hydrogens is 318 g/mol. The molecule has 0 radical (unpaired) electrons. The van der Waals surface area contributed by atoms with E-state index < -0.39 is 10.0 Å². The van der Waals surface area contributed by atoms with Crippen molar-refractivity contribution in [3.05, 3.63) is 16.3 Å². The van der Waals surface area contributed by atoms with E-state index in [1.165, 1.54) is 4.68 Å². The van der Waals surface area contributed by atoms with Crippen LogP contribution < -0.4 is 10.4 Å². The second kappa shape index (κ2) is 7.59. The van der Waals surface area contributed by atoms with Crippen molar-refractivity contribution in [3.8, 4) is 0 Å². The molecule has 132 valence electrons. The van der Waals surface area contributed by atoms with Gasteiger partial charge in [0.25, 0.3) is 0 Å². The average Bonchev–Trinajstić information content (AvgIpc) is 2.62. The van der Waals surface area contributed by atoms with Gasteiger partial charge in [-0.25, -0.2) is 22.6 Å². The molecule has 0 fully saturated rings. The number of aryl methyl sites for hydroxylation is 1. The largest absolute Gasteiger partial charge is 0.345 e. The molecule has 1 aliphatic heterocycles. The van der Waals surface area contributed by atoms with Gasteiger partial charge >= 0.3 is 5.69 Å². The zero-order valence-corrected chi connectivity index (χ0v) is 15.0. The van der Waals surface area contributed by atoms with E-state index in [4.69, 9.17) is 0 Å². The van der Waals surface area contributed by atoms with E-state index in [2.05, 4.69) is 9.82 Å². The van der Waals surface area contributed by atoms with E-state index in [0.717, 1.165) is 12.4 Å². The normalized spacial score (nSPS) is 18.9. The van der Waals surface area contributed by atoms with Crippen LogP contribution in [0.25, 0.3) is 0 Å². The van der Waals surface area contributed by atoms with Gasteiger partial charge in [0.1, 0.15) is 5.82 Å². The molecule has 2 rings (SSSR count). The lowest BCUT2D eigenvalue weighted by Crippen LogP contribution is -2.37. The Morgan fingerprint density at radius 1 is 1.35 bits per heavy atom. The summed E-state index contributed by atoms with van der Waals surface area (Å²) in [5.41, 5.74) is -0.0982. The monoisotopic (exact) mass is 345 g/mol. The molecule has 0 spiro atoms. The topological polar surface area (TPSA) is 89.2 Å². The van der Waals surface area contributed by atoms with Crippen LogP contribution >= 0.6 is 0 Å². The summed E-state index contributed by atoms with van der Waals surface area (Å²) in [7, 11) is 0.692. The number of hydrogen-bond donors (Lipinski definition) is 1. The summed E-state index contributed by atoms with van der Waals surface area (Å²) in [6.45, 7) is 3.68. The van der Waals surface area contributed by atoms with Crippen molar-refractivity contribution in [3.63, 3.8) is 0 Å². The lowest BCUT2D eigenvalue weighted by molar-refractivity contribution is 0.367. The third-order valence-corrected chi connectivity index (χ3v) is 5.63. The van der Waals surface area contributed by atoms with Gasteiger partial charge < -0.3 is 4.90 Å². The lowest BCUT2D eigenvalue weighted by Gasteiger charge is -2.15. The summed E-state index contributed by atoms with van der Waals surface area (Å²) in [6, 6.07) is -0.122. The maximum absolute atomic E-state index is 12.4. The molecule has 8 nitrogen and oxygen atoms in total. The standard InChI is InChI=1S/C14H27N5O3S/c1-4-11-23(21,22)16-12-5-6-13-15-19(10-9-17(2)3)14(20)18(13)8-7-12/h12,16H,4-11H2,1-3H3. The Labute approximate surface area is 137 Å². The van der Waals surface area contributed by atoms with Crippen LogP contribution in [0.5, 0.6) is 0 Å². The Balaban J connectivity index is 2.03. The van der Waals surface area contributed by atoms with Crippen molar-refractivity contribution >= 4 is 10.0 Å². The highest BCUT2D eigenvalue weighted by Crippen LogP contribution is 2.13. The third kappa shape index (κ3) is 4.89. The predicted molar refractivity (Wildman–Crippen MR) is 89.0 cm³/mol. The molecule has 2 heterocycles. The van der Waals surface area contributed by atoms with Gasteiger partial charge in [-0.1, -0.05) is 6.92 Å². The van der Waals surface area contributed by atoms with Gasteiger partial charge in [0.15, 0.2) is 0 Å². The Bertz CT molecular complexity index is 677. The minimum absolute atomic E-state index is 0.0982. The molecular formula is C14H27N5O3S. The molecule has 1 N–H and O–H groups in total. The van der Waals surface area contributed by atoms with Crippen molar-refractivity contribution in [1.82, 2.24) is 24.0 Å². The molecule has 0 aromatic carbocycles. The van der Waals surface area contributed by atoms with E-state index in [-0.39, 0.29) is 17.5 Å². The van der Waals surface area contributed by atoms with Crippen LogP contribution in [0.4, 0.5) is 0 Å². The van der Waals surface area contributed by atoms with Crippen LogP contribution in [0.3, 0.4) is 0 Å². The number of likely N-dealkylation sites (N-methyl/N-ethyl adjacent to an activating group) is 1. The molecule has 1 atom stereocenters.